The van der Waals surface area contributed by atoms with Crippen LogP contribution in [0.5, 0.6) is 0 Å². The fraction of sp³-hybridized carbons (Fsp3) is 0.353. The van der Waals surface area contributed by atoms with Gasteiger partial charge in [0.1, 0.15) is 25.1 Å². The molecule has 0 bridgehead atoms. The van der Waals surface area contributed by atoms with Gasteiger partial charge < -0.3 is 25.7 Å². The number of aliphatic carboxylic acids is 1. The van der Waals surface area contributed by atoms with E-state index in [2.05, 4.69) is 25.1 Å². The molecule has 0 radical (unpaired) electrons. The summed E-state index contributed by atoms with van der Waals surface area (Å²) < 4.78 is 19.0. The Labute approximate surface area is 193 Å². The zero-order valence-corrected chi connectivity index (χ0v) is 18.7. The first kappa shape index (κ1) is 23.9. The van der Waals surface area contributed by atoms with E-state index < -0.39 is 57.0 Å². The third-order valence-electron chi connectivity index (χ3n) is 4.52. The summed E-state index contributed by atoms with van der Waals surface area (Å²) in [5.74, 6) is -4.07. The standard InChI is InChI=1S/C17H15FN6O7S2/c1-6(25)31-4-7-5-32-17(20-2)11(14(27)24(17)10(7)15(28)29)22-13(26)9(23-30-3)8-12(18)33-16(19)21-8/h2,11H,4-5H2,1,3H3,(H3-,19,21,22,26,28,29)/p+1. The second-order valence-electron chi connectivity index (χ2n) is 6.49. The molecule has 4 N–H and O–H groups in total. The number of halogens is 1. The molecule has 0 aromatic carbocycles. The Bertz CT molecular complexity index is 1160. The Morgan fingerprint density at radius 1 is 1.52 bits per heavy atom. The predicted molar refractivity (Wildman–Crippen MR) is 114 cm³/mol. The van der Waals surface area contributed by atoms with Gasteiger partial charge in [0.25, 0.3) is 18.4 Å². The molecule has 1 aromatic heterocycles. The van der Waals surface area contributed by atoms with Crippen LogP contribution in [-0.2, 0) is 28.8 Å². The third kappa shape index (κ3) is 4.07. The number of carboxylic acids is 1. The number of carbonyl (C=O) groups is 4. The van der Waals surface area contributed by atoms with Crippen molar-refractivity contribution >= 4 is 57.7 Å². The molecule has 0 spiro atoms. The van der Waals surface area contributed by atoms with E-state index in [1.165, 1.54) is 0 Å². The number of β-lactam (4-membered cyclic amide) rings is 1. The minimum absolute atomic E-state index is 0.0258. The van der Waals surface area contributed by atoms with Gasteiger partial charge in [0.2, 0.25) is 11.2 Å². The summed E-state index contributed by atoms with van der Waals surface area (Å²) in [6.45, 7) is 6.31. The average molecular weight is 499 g/mol. The molecule has 1 aromatic rings. The number of nitrogens with zero attached hydrogens (tertiary/aromatic N) is 4. The minimum atomic E-state index is -1.71. The van der Waals surface area contributed by atoms with E-state index in [1.54, 1.807) is 0 Å². The summed E-state index contributed by atoms with van der Waals surface area (Å²) in [6, 6.07) is -1.43. The zero-order valence-electron chi connectivity index (χ0n) is 17.0. The molecule has 0 aliphatic carbocycles. The van der Waals surface area contributed by atoms with Crippen molar-refractivity contribution in [3.8, 4) is 6.57 Å². The highest BCUT2D eigenvalue weighted by atomic mass is 32.2. The number of carboxylic acid groups (broad SMARTS) is 1. The van der Waals surface area contributed by atoms with Crippen LogP contribution in [-0.4, -0.2) is 75.0 Å². The quantitative estimate of drug-likeness (QED) is 0.197. The van der Waals surface area contributed by atoms with Gasteiger partial charge in [-0.1, -0.05) is 16.5 Å². The zero-order chi connectivity index (χ0) is 24.5. The van der Waals surface area contributed by atoms with E-state index in [-0.39, 0.29) is 23.1 Å². The number of carbonyl (C=O) groups excluding carboxylic acids is 3. The lowest BCUT2D eigenvalue weighted by Gasteiger charge is -2.47. The normalized spacial score (nSPS) is 22.1. The maximum atomic E-state index is 14.1. The Balaban J connectivity index is 1.92. The van der Waals surface area contributed by atoms with Gasteiger partial charge in [0, 0.05) is 18.2 Å². The molecule has 2 aliphatic rings. The fourth-order valence-corrected chi connectivity index (χ4v) is 5.04. The molecule has 2 atom stereocenters. The van der Waals surface area contributed by atoms with E-state index in [0.717, 1.165) is 30.7 Å². The lowest BCUT2D eigenvalue weighted by atomic mass is 9.97. The van der Waals surface area contributed by atoms with Crippen molar-refractivity contribution in [2.75, 3.05) is 25.2 Å². The number of hydrogen-bond acceptors (Lipinski definition) is 11. The maximum Gasteiger partial charge on any atom is 0.439 e. The van der Waals surface area contributed by atoms with Gasteiger partial charge in [0.15, 0.2) is 10.8 Å². The molecule has 0 saturated carbocycles. The molecular formula is C17H16FN6O7S2+. The van der Waals surface area contributed by atoms with E-state index in [1.807, 2.05) is 0 Å². The lowest BCUT2D eigenvalue weighted by molar-refractivity contribution is -0.154. The number of nitrogens with two attached hydrogens (primary N) is 1. The number of thioether (sulfide) groups is 1. The van der Waals surface area contributed by atoms with Gasteiger partial charge >= 0.3 is 16.9 Å². The fourth-order valence-electron chi connectivity index (χ4n) is 3.17. The lowest BCUT2D eigenvalue weighted by Crippen LogP contribution is -2.77. The number of rotatable bonds is 7. The van der Waals surface area contributed by atoms with Crippen LogP contribution < -0.4 is 11.1 Å². The number of nitrogen functional groups attached to an aromatic ring is 1. The van der Waals surface area contributed by atoms with Crippen LogP contribution in [0.1, 0.15) is 12.6 Å². The number of esters is 1. The molecule has 1 saturated heterocycles. The summed E-state index contributed by atoms with van der Waals surface area (Å²) in [7, 11) is 1.11. The van der Waals surface area contributed by atoms with Gasteiger partial charge in [-0.05, 0) is 16.6 Å². The predicted octanol–water partition coefficient (Wildman–Crippen LogP) is -0.193. The van der Waals surface area contributed by atoms with Crippen molar-refractivity contribution in [2.45, 2.75) is 18.0 Å². The first-order chi connectivity index (χ1) is 15.6. The van der Waals surface area contributed by atoms with Crippen LogP contribution in [0.3, 0.4) is 0 Å². The van der Waals surface area contributed by atoms with Crippen molar-refractivity contribution in [1.29, 1.82) is 0 Å². The topological polar surface area (TPSA) is 178 Å². The third-order valence-corrected chi connectivity index (χ3v) is 6.63. The van der Waals surface area contributed by atoms with E-state index >= 15 is 0 Å². The van der Waals surface area contributed by atoms with Crippen molar-refractivity contribution in [3.63, 3.8) is 0 Å². The molecule has 16 heteroatoms. The highest BCUT2D eigenvalue weighted by molar-refractivity contribution is 8.01. The van der Waals surface area contributed by atoms with Crippen LogP contribution >= 0.6 is 23.1 Å². The second-order valence-corrected chi connectivity index (χ2v) is 8.65. The maximum absolute atomic E-state index is 14.1. The first-order valence-electron chi connectivity index (χ1n) is 8.90. The molecule has 1 fully saturated rings. The number of ether oxygens (including phenoxy) is 1. The van der Waals surface area contributed by atoms with E-state index in [9.17, 15) is 28.7 Å². The van der Waals surface area contributed by atoms with Crippen molar-refractivity contribution < 1.29 is 38.2 Å². The number of anilines is 1. The molecular weight excluding hydrogens is 483 g/mol. The van der Waals surface area contributed by atoms with Crippen molar-refractivity contribution in [1.82, 2.24) is 15.2 Å². The summed E-state index contributed by atoms with van der Waals surface area (Å²) in [6.07, 6.45) is 0. The minimum Gasteiger partial charge on any atom is -0.477 e. The van der Waals surface area contributed by atoms with Gasteiger partial charge in [0.05, 0.1) is 0 Å². The number of nitrogens with one attached hydrogen (secondary N) is 1. The largest absolute Gasteiger partial charge is 0.477 e. The number of oxime groups is 1. The van der Waals surface area contributed by atoms with Gasteiger partial charge in [-0.15, -0.1) is 0 Å². The number of amides is 2. The SMILES string of the molecule is C#[N+]C12SCC(COC(C)=O)=C(C(=O)O)N1C(=O)C2NC(=O)C(=NOC)c1nc(N)sc1F. The van der Waals surface area contributed by atoms with Gasteiger partial charge in [-0.3, -0.25) is 14.4 Å². The van der Waals surface area contributed by atoms with Crippen LogP contribution in [0.15, 0.2) is 16.4 Å². The monoisotopic (exact) mass is 499 g/mol. The molecule has 2 aliphatic heterocycles. The summed E-state index contributed by atoms with van der Waals surface area (Å²) in [5, 5.41) is 14.4. The first-order valence-corrected chi connectivity index (χ1v) is 10.7. The van der Waals surface area contributed by atoms with E-state index in [0.29, 0.717) is 11.3 Å². The number of thiazole rings is 1. The van der Waals surface area contributed by atoms with Crippen LogP contribution in [0, 0.1) is 11.7 Å². The summed E-state index contributed by atoms with van der Waals surface area (Å²) in [4.78, 5) is 59.7. The second kappa shape index (κ2) is 9.03. The summed E-state index contributed by atoms with van der Waals surface area (Å²) >= 11 is 1.40. The van der Waals surface area contributed by atoms with Crippen molar-refractivity contribution in [2.24, 2.45) is 5.16 Å². The van der Waals surface area contributed by atoms with Gasteiger partial charge in [-0.25, -0.2) is 14.7 Å². The Morgan fingerprint density at radius 2 is 2.21 bits per heavy atom. The number of aromatic nitrogens is 1. The molecule has 33 heavy (non-hydrogen) atoms. The number of hydrogen-bond donors (Lipinski definition) is 3. The van der Waals surface area contributed by atoms with Crippen LogP contribution in [0.4, 0.5) is 9.52 Å². The van der Waals surface area contributed by atoms with E-state index in [4.69, 9.17) is 17.0 Å². The molecule has 3 heterocycles. The molecule has 3 rings (SSSR count). The highest BCUT2D eigenvalue weighted by Gasteiger charge is 2.75. The molecule has 174 valence electrons. The molecule has 2 amide bonds. The number of fused-ring (bicyclic) bond motifs is 1. The smallest absolute Gasteiger partial charge is 0.439 e. The Kier molecular flexibility index (Phi) is 6.56. The van der Waals surface area contributed by atoms with Gasteiger partial charge in [-0.2, -0.15) is 4.39 Å². The highest BCUT2D eigenvalue weighted by Crippen LogP contribution is 2.50. The average Bonchev–Trinajstić information content (AvgIpc) is 3.10. The molecule has 2 unspecified atom stereocenters. The van der Waals surface area contributed by atoms with Crippen LogP contribution in [0.2, 0.25) is 0 Å². The summed E-state index contributed by atoms with van der Waals surface area (Å²) in [5.41, 5.74) is 4.03. The Hall–Kier alpha value is -3.71. The Morgan fingerprint density at radius 3 is 2.73 bits per heavy atom. The molecule has 13 nitrogen and oxygen atoms in total. The van der Waals surface area contributed by atoms with Crippen molar-refractivity contribution in [3.05, 3.63) is 26.9 Å². The van der Waals surface area contributed by atoms with Crippen LogP contribution in [0.25, 0.3) is 4.85 Å².